The minimum Gasteiger partial charge on any atom is -0.454 e. The molecule has 0 radical (unpaired) electrons. The molecule has 0 aliphatic carbocycles. The van der Waals surface area contributed by atoms with Crippen molar-refractivity contribution in [2.45, 2.75) is 26.3 Å². The van der Waals surface area contributed by atoms with Gasteiger partial charge < -0.3 is 4.74 Å². The van der Waals surface area contributed by atoms with E-state index in [9.17, 15) is 9.59 Å². The average Bonchev–Trinajstić information content (AvgIpc) is 3.02. The molecule has 28 heavy (non-hydrogen) atoms. The molecule has 0 spiro atoms. The third kappa shape index (κ3) is 3.67. The molecule has 1 aromatic heterocycles. The molecule has 3 aromatic rings. The zero-order valence-electron chi connectivity index (χ0n) is 15.7. The molecule has 6 nitrogen and oxygen atoms in total. The zero-order chi connectivity index (χ0) is 19.5. The predicted octanol–water partition coefficient (Wildman–Crippen LogP) is 3.20. The number of nitrogens with zero attached hydrogens (tertiary/aromatic N) is 3. The lowest BCUT2D eigenvalue weighted by Gasteiger charge is -2.24. The van der Waals surface area contributed by atoms with Gasteiger partial charge in [0.2, 0.25) is 0 Å². The number of fused-ring (bicyclic) bond motifs is 2. The maximum atomic E-state index is 13.1. The lowest BCUT2D eigenvalue weighted by molar-refractivity contribution is -0.148. The van der Waals surface area contributed by atoms with Crippen molar-refractivity contribution in [3.05, 3.63) is 77.6 Å². The van der Waals surface area contributed by atoms with Crippen molar-refractivity contribution in [1.29, 1.82) is 0 Å². The highest BCUT2D eigenvalue weighted by molar-refractivity contribution is 6.03. The summed E-state index contributed by atoms with van der Waals surface area (Å²) in [5, 5.41) is 4.07. The molecular weight excluding hydrogens is 354 g/mol. The van der Waals surface area contributed by atoms with Crippen LogP contribution in [0, 0.1) is 6.92 Å². The Kier molecular flexibility index (Phi) is 4.93. The second-order valence-corrected chi connectivity index (χ2v) is 6.86. The lowest BCUT2D eigenvalue weighted by Crippen LogP contribution is -2.32. The van der Waals surface area contributed by atoms with Crippen LogP contribution in [0.4, 0.5) is 11.4 Å². The quantitative estimate of drug-likeness (QED) is 0.657. The molecule has 2 heterocycles. The van der Waals surface area contributed by atoms with Gasteiger partial charge in [0.15, 0.2) is 6.61 Å². The van der Waals surface area contributed by atoms with E-state index in [1.807, 2.05) is 55.5 Å². The summed E-state index contributed by atoms with van der Waals surface area (Å²) in [6, 6.07) is 15.7. The molecule has 0 saturated carbocycles. The lowest BCUT2D eigenvalue weighted by atomic mass is 10.0. The van der Waals surface area contributed by atoms with Crippen molar-refractivity contribution < 1.29 is 14.3 Å². The number of ether oxygens (including phenoxy) is 1. The number of carbonyl (C=O) groups excluding carboxylic acids is 2. The smallest absolute Gasteiger partial charge is 0.328 e. The normalized spacial score (nSPS) is 12.7. The van der Waals surface area contributed by atoms with Gasteiger partial charge in [0.05, 0.1) is 17.6 Å². The van der Waals surface area contributed by atoms with Gasteiger partial charge in [0.25, 0.3) is 5.91 Å². The van der Waals surface area contributed by atoms with Crippen molar-refractivity contribution in [3.63, 3.8) is 0 Å². The van der Waals surface area contributed by atoms with Crippen LogP contribution in [0.15, 0.2) is 60.9 Å². The molecule has 0 saturated heterocycles. The number of para-hydroxylation sites is 2. The van der Waals surface area contributed by atoms with E-state index in [0.717, 1.165) is 40.9 Å². The van der Waals surface area contributed by atoms with Crippen molar-refractivity contribution in [2.75, 3.05) is 11.5 Å². The van der Waals surface area contributed by atoms with Crippen LogP contribution in [0.1, 0.15) is 16.7 Å². The van der Waals surface area contributed by atoms with Gasteiger partial charge >= 0.3 is 5.97 Å². The highest BCUT2D eigenvalue weighted by atomic mass is 16.5. The maximum Gasteiger partial charge on any atom is 0.328 e. The molecule has 6 heteroatoms. The van der Waals surface area contributed by atoms with Gasteiger partial charge in [-0.25, -0.2) is 0 Å². The van der Waals surface area contributed by atoms with Crippen molar-refractivity contribution in [1.82, 2.24) is 9.78 Å². The fourth-order valence-electron chi connectivity index (χ4n) is 3.49. The van der Waals surface area contributed by atoms with Crippen molar-refractivity contribution >= 4 is 23.3 Å². The molecule has 0 atom stereocenters. The van der Waals surface area contributed by atoms with E-state index in [1.165, 1.54) is 4.68 Å². The third-order valence-electron chi connectivity index (χ3n) is 4.79. The van der Waals surface area contributed by atoms with Crippen LogP contribution >= 0.6 is 0 Å². The average molecular weight is 375 g/mol. The minimum absolute atomic E-state index is 0.0195. The van der Waals surface area contributed by atoms with E-state index < -0.39 is 5.97 Å². The van der Waals surface area contributed by atoms with Gasteiger partial charge in [-0.2, -0.15) is 5.10 Å². The van der Waals surface area contributed by atoms with E-state index in [-0.39, 0.29) is 19.1 Å². The monoisotopic (exact) mass is 375 g/mol. The topological polar surface area (TPSA) is 64.4 Å². The SMILES string of the molecule is Cc1cnn(CC(=O)OCC(=O)N2c3ccccc3CCc3ccccc32)c1. The van der Waals surface area contributed by atoms with Crippen LogP contribution in [-0.2, 0) is 33.7 Å². The van der Waals surface area contributed by atoms with Crippen LogP contribution in [0.5, 0.6) is 0 Å². The van der Waals surface area contributed by atoms with Gasteiger partial charge in [0.1, 0.15) is 6.54 Å². The first-order valence-corrected chi connectivity index (χ1v) is 9.25. The van der Waals surface area contributed by atoms with Crippen LogP contribution < -0.4 is 4.90 Å². The van der Waals surface area contributed by atoms with Crippen LogP contribution in [0.2, 0.25) is 0 Å². The number of esters is 1. The Bertz CT molecular complexity index is 978. The maximum absolute atomic E-state index is 13.1. The summed E-state index contributed by atoms with van der Waals surface area (Å²) in [5.41, 5.74) is 4.85. The number of aromatic nitrogens is 2. The molecule has 0 N–H and O–H groups in total. The van der Waals surface area contributed by atoms with Crippen molar-refractivity contribution in [2.24, 2.45) is 0 Å². The largest absolute Gasteiger partial charge is 0.454 e. The number of benzene rings is 2. The molecule has 2 aromatic carbocycles. The second-order valence-electron chi connectivity index (χ2n) is 6.86. The molecule has 1 amide bonds. The molecule has 1 aliphatic rings. The van der Waals surface area contributed by atoms with Gasteiger partial charge in [-0.15, -0.1) is 0 Å². The number of carbonyl (C=O) groups is 2. The Morgan fingerprint density at radius 2 is 1.61 bits per heavy atom. The Morgan fingerprint density at radius 1 is 1.00 bits per heavy atom. The number of hydrogen-bond acceptors (Lipinski definition) is 4. The van der Waals surface area contributed by atoms with E-state index in [4.69, 9.17) is 4.74 Å². The highest BCUT2D eigenvalue weighted by Crippen LogP contribution is 2.35. The molecule has 0 unspecified atom stereocenters. The first kappa shape index (κ1) is 18.0. The van der Waals surface area contributed by atoms with E-state index in [0.29, 0.717) is 0 Å². The zero-order valence-corrected chi connectivity index (χ0v) is 15.7. The van der Waals surface area contributed by atoms with E-state index in [2.05, 4.69) is 5.10 Å². The highest BCUT2D eigenvalue weighted by Gasteiger charge is 2.26. The molecule has 1 aliphatic heterocycles. The van der Waals surface area contributed by atoms with E-state index >= 15 is 0 Å². The Morgan fingerprint density at radius 3 is 2.18 bits per heavy atom. The Hall–Kier alpha value is -3.41. The predicted molar refractivity (Wildman–Crippen MR) is 105 cm³/mol. The van der Waals surface area contributed by atoms with Crippen LogP contribution in [-0.4, -0.2) is 28.3 Å². The Balaban J connectivity index is 1.54. The second kappa shape index (κ2) is 7.68. The first-order valence-electron chi connectivity index (χ1n) is 9.25. The summed E-state index contributed by atoms with van der Waals surface area (Å²) in [7, 11) is 0. The number of anilines is 2. The number of rotatable bonds is 4. The number of aryl methyl sites for hydroxylation is 3. The van der Waals surface area contributed by atoms with Gasteiger partial charge in [-0.1, -0.05) is 36.4 Å². The number of amides is 1. The summed E-state index contributed by atoms with van der Waals surface area (Å²) in [6.45, 7) is 1.56. The first-order chi connectivity index (χ1) is 13.6. The van der Waals surface area contributed by atoms with Crippen molar-refractivity contribution in [3.8, 4) is 0 Å². The molecule has 0 fully saturated rings. The van der Waals surface area contributed by atoms with Crippen LogP contribution in [0.3, 0.4) is 0 Å². The van der Waals surface area contributed by atoms with Gasteiger partial charge in [-0.05, 0) is 48.6 Å². The standard InChI is InChI=1S/C22H21N3O3/c1-16-12-23-24(13-16)14-22(27)28-15-21(26)25-19-8-4-2-6-17(19)10-11-18-7-3-5-9-20(18)25/h2-9,12-13H,10-11,14-15H2,1H3. The summed E-state index contributed by atoms with van der Waals surface area (Å²) in [6.07, 6.45) is 5.14. The molecule has 142 valence electrons. The minimum atomic E-state index is -0.493. The van der Waals surface area contributed by atoms with Gasteiger partial charge in [0, 0.05) is 6.20 Å². The third-order valence-corrected chi connectivity index (χ3v) is 4.79. The summed E-state index contributed by atoms with van der Waals surface area (Å²) >= 11 is 0. The summed E-state index contributed by atoms with van der Waals surface area (Å²) < 4.78 is 6.75. The van der Waals surface area contributed by atoms with Crippen LogP contribution in [0.25, 0.3) is 0 Å². The van der Waals surface area contributed by atoms with E-state index in [1.54, 1.807) is 17.3 Å². The van der Waals surface area contributed by atoms with Gasteiger partial charge in [-0.3, -0.25) is 19.2 Å². The molecule has 4 rings (SSSR count). The summed E-state index contributed by atoms with van der Waals surface area (Å²) in [4.78, 5) is 26.8. The fourth-order valence-corrected chi connectivity index (χ4v) is 3.49. The number of hydrogen-bond donors (Lipinski definition) is 0. The summed E-state index contributed by atoms with van der Waals surface area (Å²) in [5.74, 6) is -0.764. The fraction of sp³-hybridized carbons (Fsp3) is 0.227. The Labute approximate surface area is 163 Å². The molecule has 0 bridgehead atoms. The molecular formula is C22H21N3O3.